The van der Waals surface area contributed by atoms with Gasteiger partial charge in [-0.25, -0.2) is 0 Å². The molecule has 3 aromatic rings. The normalized spacial score (nSPS) is 14.4. The van der Waals surface area contributed by atoms with Crippen LogP contribution in [-0.2, 0) is 29.0 Å². The van der Waals surface area contributed by atoms with Gasteiger partial charge in [-0.1, -0.05) is 30.3 Å². The molecule has 2 amide bonds. The van der Waals surface area contributed by atoms with Gasteiger partial charge in [0.15, 0.2) is 6.61 Å². The van der Waals surface area contributed by atoms with Gasteiger partial charge in [0.1, 0.15) is 11.5 Å². The molecule has 0 bridgehead atoms. The average Bonchev–Trinajstić information content (AvgIpc) is 2.86. The number of nitrogens with one attached hydrogen (secondary N) is 2. The van der Waals surface area contributed by atoms with Gasteiger partial charge in [0.25, 0.3) is 5.91 Å². The third-order valence-electron chi connectivity index (χ3n) is 6.03. The first-order valence-electron chi connectivity index (χ1n) is 11.3. The summed E-state index contributed by atoms with van der Waals surface area (Å²) in [6, 6.07) is 20.0. The minimum Gasteiger partial charge on any atom is -0.493 e. The van der Waals surface area contributed by atoms with Gasteiger partial charge in [-0.3, -0.25) is 9.59 Å². The Morgan fingerprint density at radius 2 is 1.79 bits per heavy atom. The molecular weight excluding hydrogens is 416 g/mol. The molecule has 0 aliphatic carbocycles. The minimum absolute atomic E-state index is 0.0286. The zero-order chi connectivity index (χ0) is 22.6. The molecule has 0 fully saturated rings. The van der Waals surface area contributed by atoms with Gasteiger partial charge < -0.3 is 20.1 Å². The van der Waals surface area contributed by atoms with Gasteiger partial charge in [0.05, 0.1) is 6.61 Å². The van der Waals surface area contributed by atoms with E-state index in [4.69, 9.17) is 9.47 Å². The third kappa shape index (κ3) is 5.00. The molecule has 2 N–H and O–H groups in total. The fourth-order valence-corrected chi connectivity index (χ4v) is 4.21. The van der Waals surface area contributed by atoms with Crippen LogP contribution in [0.5, 0.6) is 11.5 Å². The largest absolute Gasteiger partial charge is 0.493 e. The molecule has 5 rings (SSSR count). The summed E-state index contributed by atoms with van der Waals surface area (Å²) in [6.45, 7) is 1.18. The number of rotatable bonds is 6. The van der Waals surface area contributed by atoms with Crippen LogP contribution < -0.4 is 20.1 Å². The molecule has 168 valence electrons. The predicted octanol–water partition coefficient (Wildman–Crippen LogP) is 4.26. The lowest BCUT2D eigenvalue weighted by atomic mass is 9.98. The molecule has 0 spiro atoms. The van der Waals surface area contributed by atoms with Crippen LogP contribution in [0, 0.1) is 0 Å². The Morgan fingerprint density at radius 3 is 2.67 bits per heavy atom. The van der Waals surface area contributed by atoms with Crippen LogP contribution in [0.15, 0.2) is 60.7 Å². The van der Waals surface area contributed by atoms with Gasteiger partial charge in [0, 0.05) is 18.7 Å². The molecule has 0 atom stereocenters. The summed E-state index contributed by atoms with van der Waals surface area (Å²) in [5.41, 5.74) is 6.45. The van der Waals surface area contributed by atoms with E-state index in [9.17, 15) is 9.59 Å². The Balaban J connectivity index is 1.13. The highest BCUT2D eigenvalue weighted by atomic mass is 16.5. The second-order valence-corrected chi connectivity index (χ2v) is 8.40. The predicted molar refractivity (Wildman–Crippen MR) is 126 cm³/mol. The molecular formula is C27H26N2O4. The second-order valence-electron chi connectivity index (χ2n) is 8.40. The number of ether oxygens (including phenoxy) is 2. The highest BCUT2D eigenvalue weighted by Gasteiger charge is 2.15. The van der Waals surface area contributed by atoms with Crippen LogP contribution >= 0.6 is 0 Å². The Morgan fingerprint density at radius 1 is 0.939 bits per heavy atom. The summed E-state index contributed by atoms with van der Waals surface area (Å²) in [7, 11) is 0. The highest BCUT2D eigenvalue weighted by molar-refractivity contribution is 5.94. The molecule has 6 heteroatoms. The SMILES string of the molecule is O=C(COc1ccc2c(c1)CCC(=O)N2)NCc1ccc(-c2ccc3c(c2)CCCO3)cc1. The van der Waals surface area contributed by atoms with Gasteiger partial charge >= 0.3 is 0 Å². The van der Waals surface area contributed by atoms with E-state index in [1.807, 2.05) is 24.3 Å². The van der Waals surface area contributed by atoms with Gasteiger partial charge in [0.2, 0.25) is 5.91 Å². The van der Waals surface area contributed by atoms with Crippen molar-refractivity contribution in [2.24, 2.45) is 0 Å². The molecule has 0 aromatic heterocycles. The van der Waals surface area contributed by atoms with Gasteiger partial charge in [-0.15, -0.1) is 0 Å². The first kappa shape index (κ1) is 21.1. The third-order valence-corrected chi connectivity index (χ3v) is 6.03. The molecule has 33 heavy (non-hydrogen) atoms. The summed E-state index contributed by atoms with van der Waals surface area (Å²) in [5.74, 6) is 1.47. The zero-order valence-electron chi connectivity index (χ0n) is 18.4. The van der Waals surface area contributed by atoms with Crippen molar-refractivity contribution in [2.45, 2.75) is 32.2 Å². The van der Waals surface area contributed by atoms with Crippen molar-refractivity contribution in [3.8, 4) is 22.6 Å². The van der Waals surface area contributed by atoms with Crippen LogP contribution in [0.2, 0.25) is 0 Å². The minimum atomic E-state index is -0.181. The first-order valence-corrected chi connectivity index (χ1v) is 11.3. The van der Waals surface area contributed by atoms with E-state index >= 15 is 0 Å². The van der Waals surface area contributed by atoms with Crippen LogP contribution in [0.4, 0.5) is 5.69 Å². The molecule has 0 unspecified atom stereocenters. The monoisotopic (exact) mass is 442 g/mol. The first-order chi connectivity index (χ1) is 16.1. The number of carbonyl (C=O) groups is 2. The Kier molecular flexibility index (Phi) is 5.98. The lowest BCUT2D eigenvalue weighted by Crippen LogP contribution is -2.28. The summed E-state index contributed by atoms with van der Waals surface area (Å²) in [4.78, 5) is 23.7. The van der Waals surface area contributed by atoms with E-state index in [0.717, 1.165) is 47.6 Å². The maximum absolute atomic E-state index is 12.2. The van der Waals surface area contributed by atoms with Crippen molar-refractivity contribution < 1.29 is 19.1 Å². The fraction of sp³-hybridized carbons (Fsp3) is 0.259. The molecule has 3 aromatic carbocycles. The summed E-state index contributed by atoms with van der Waals surface area (Å²) >= 11 is 0. The standard InChI is InChI=1S/C27H26N2O4/c30-26-12-8-21-15-23(9-10-24(21)29-26)33-17-27(31)28-16-18-3-5-19(6-4-18)20-7-11-25-22(14-20)2-1-13-32-25/h3-7,9-11,14-15H,1-2,8,12-13,16-17H2,(H,28,31)(H,29,30). The number of hydrogen-bond acceptors (Lipinski definition) is 4. The molecule has 0 radical (unpaired) electrons. The molecule has 2 heterocycles. The fourth-order valence-electron chi connectivity index (χ4n) is 4.21. The van der Waals surface area contributed by atoms with Crippen molar-refractivity contribution in [1.82, 2.24) is 5.32 Å². The molecule has 2 aliphatic rings. The smallest absolute Gasteiger partial charge is 0.258 e. The van der Waals surface area contributed by atoms with Crippen molar-refractivity contribution in [3.63, 3.8) is 0 Å². The van der Waals surface area contributed by atoms with Crippen molar-refractivity contribution >= 4 is 17.5 Å². The number of carbonyl (C=O) groups excluding carboxylic acids is 2. The molecule has 2 aliphatic heterocycles. The zero-order valence-corrected chi connectivity index (χ0v) is 18.4. The lowest BCUT2D eigenvalue weighted by Gasteiger charge is -2.18. The maximum atomic E-state index is 12.2. The second kappa shape index (κ2) is 9.36. The number of fused-ring (bicyclic) bond motifs is 2. The van der Waals surface area contributed by atoms with E-state index in [2.05, 4.69) is 41.0 Å². The number of aryl methyl sites for hydroxylation is 2. The summed E-state index contributed by atoms with van der Waals surface area (Å²) in [5, 5.41) is 5.74. The van der Waals surface area contributed by atoms with E-state index in [-0.39, 0.29) is 18.4 Å². The summed E-state index contributed by atoms with van der Waals surface area (Å²) < 4.78 is 11.3. The van der Waals surface area contributed by atoms with Crippen molar-refractivity contribution in [3.05, 3.63) is 77.4 Å². The molecule has 0 saturated carbocycles. The lowest BCUT2D eigenvalue weighted by molar-refractivity contribution is -0.123. The van der Waals surface area contributed by atoms with E-state index in [1.165, 1.54) is 11.1 Å². The number of anilines is 1. The Bertz CT molecular complexity index is 1190. The molecule has 0 saturated heterocycles. The Hall–Kier alpha value is -3.80. The quantitative estimate of drug-likeness (QED) is 0.598. The van der Waals surface area contributed by atoms with Crippen molar-refractivity contribution in [2.75, 3.05) is 18.5 Å². The van der Waals surface area contributed by atoms with E-state index in [0.29, 0.717) is 25.1 Å². The van der Waals surface area contributed by atoms with Gasteiger partial charge in [-0.2, -0.15) is 0 Å². The van der Waals surface area contributed by atoms with Crippen LogP contribution in [0.1, 0.15) is 29.5 Å². The van der Waals surface area contributed by atoms with Crippen LogP contribution in [0.3, 0.4) is 0 Å². The number of benzene rings is 3. The molecule has 6 nitrogen and oxygen atoms in total. The van der Waals surface area contributed by atoms with Crippen molar-refractivity contribution in [1.29, 1.82) is 0 Å². The Labute approximate surface area is 192 Å². The van der Waals surface area contributed by atoms with Crippen LogP contribution in [-0.4, -0.2) is 25.0 Å². The average molecular weight is 443 g/mol. The summed E-state index contributed by atoms with van der Waals surface area (Å²) in [6.07, 6.45) is 3.26. The maximum Gasteiger partial charge on any atom is 0.258 e. The number of amides is 2. The van der Waals surface area contributed by atoms with Crippen LogP contribution in [0.25, 0.3) is 11.1 Å². The highest BCUT2D eigenvalue weighted by Crippen LogP contribution is 2.30. The van der Waals surface area contributed by atoms with E-state index in [1.54, 1.807) is 6.07 Å². The number of hydrogen-bond donors (Lipinski definition) is 2. The topological polar surface area (TPSA) is 76.7 Å². The van der Waals surface area contributed by atoms with E-state index < -0.39 is 0 Å². The van der Waals surface area contributed by atoms with Gasteiger partial charge in [-0.05, 0) is 77.4 Å².